The lowest BCUT2D eigenvalue weighted by molar-refractivity contribution is 0.211. The highest BCUT2D eigenvalue weighted by Crippen LogP contribution is 2.33. The van der Waals surface area contributed by atoms with E-state index in [-0.39, 0.29) is 5.82 Å². The lowest BCUT2D eigenvalue weighted by Gasteiger charge is -2.31. The zero-order valence-corrected chi connectivity index (χ0v) is 13.7. The minimum Gasteiger partial charge on any atom is -0.371 e. The van der Waals surface area contributed by atoms with Crippen molar-refractivity contribution in [2.24, 2.45) is 17.1 Å². The smallest absolute Gasteiger partial charge is 0.125 e. The topological polar surface area (TPSA) is 29.3 Å². The fourth-order valence-electron chi connectivity index (χ4n) is 3.39. The van der Waals surface area contributed by atoms with E-state index in [1.165, 1.54) is 12.0 Å². The molecule has 1 aliphatic heterocycles. The minimum atomic E-state index is -0.128. The molecule has 0 aromatic heterocycles. The quantitative estimate of drug-likeness (QED) is 0.859. The summed E-state index contributed by atoms with van der Waals surface area (Å²) in [6.45, 7) is 9.71. The molecular formula is C18H29FN2. The van der Waals surface area contributed by atoms with Gasteiger partial charge in [0, 0.05) is 18.8 Å². The van der Waals surface area contributed by atoms with Crippen molar-refractivity contribution in [1.82, 2.24) is 0 Å². The summed E-state index contributed by atoms with van der Waals surface area (Å²) in [6, 6.07) is 5.18. The van der Waals surface area contributed by atoms with Crippen LogP contribution in [0.2, 0.25) is 0 Å². The molecule has 118 valence electrons. The van der Waals surface area contributed by atoms with Gasteiger partial charge in [0.2, 0.25) is 0 Å². The highest BCUT2D eigenvalue weighted by molar-refractivity contribution is 5.58. The summed E-state index contributed by atoms with van der Waals surface area (Å²) in [5.41, 5.74) is 8.44. The van der Waals surface area contributed by atoms with Crippen LogP contribution in [0.1, 0.15) is 45.6 Å². The fraction of sp³-hybridized carbons (Fsp3) is 0.667. The number of hydrogen-bond donors (Lipinski definition) is 1. The van der Waals surface area contributed by atoms with Crippen molar-refractivity contribution in [1.29, 1.82) is 0 Å². The van der Waals surface area contributed by atoms with Crippen LogP contribution in [0, 0.1) is 17.2 Å². The molecule has 0 saturated carbocycles. The van der Waals surface area contributed by atoms with Gasteiger partial charge in [0.05, 0.1) is 0 Å². The van der Waals surface area contributed by atoms with Crippen LogP contribution < -0.4 is 10.6 Å². The summed E-state index contributed by atoms with van der Waals surface area (Å²) in [5, 5.41) is 0. The van der Waals surface area contributed by atoms with Gasteiger partial charge in [-0.25, -0.2) is 4.39 Å². The second-order valence-corrected chi connectivity index (χ2v) is 7.29. The molecule has 0 radical (unpaired) electrons. The van der Waals surface area contributed by atoms with Crippen LogP contribution in [0.15, 0.2) is 18.2 Å². The summed E-state index contributed by atoms with van der Waals surface area (Å²) >= 11 is 0. The monoisotopic (exact) mass is 292 g/mol. The van der Waals surface area contributed by atoms with E-state index in [0.717, 1.165) is 44.6 Å². The second kappa shape index (κ2) is 6.78. The lowest BCUT2D eigenvalue weighted by atomic mass is 9.76. The molecule has 1 atom stereocenters. The molecule has 1 aromatic rings. The average molecular weight is 292 g/mol. The third-order valence-corrected chi connectivity index (χ3v) is 4.76. The van der Waals surface area contributed by atoms with Crippen molar-refractivity contribution < 1.29 is 4.39 Å². The van der Waals surface area contributed by atoms with Gasteiger partial charge >= 0.3 is 0 Å². The third-order valence-electron chi connectivity index (χ3n) is 4.76. The van der Waals surface area contributed by atoms with Crippen LogP contribution in [0.4, 0.5) is 10.1 Å². The standard InChI is InChI=1S/C18H29FN2/c1-18(2,3)15(8-10-20)5-4-11-21-12-9-14-6-7-16(19)13-17(14)21/h6-7,13,15H,4-5,8-12,20H2,1-3H3. The molecule has 2 N–H and O–H groups in total. The van der Waals surface area contributed by atoms with Gasteiger partial charge < -0.3 is 10.6 Å². The molecule has 0 bridgehead atoms. The molecule has 1 aliphatic rings. The van der Waals surface area contributed by atoms with E-state index in [1.807, 2.05) is 6.07 Å². The summed E-state index contributed by atoms with van der Waals surface area (Å²) in [4.78, 5) is 2.33. The molecule has 1 unspecified atom stereocenters. The Balaban J connectivity index is 1.89. The van der Waals surface area contributed by atoms with Gasteiger partial charge in [-0.1, -0.05) is 26.8 Å². The second-order valence-electron chi connectivity index (χ2n) is 7.29. The molecule has 0 spiro atoms. The zero-order chi connectivity index (χ0) is 15.5. The van der Waals surface area contributed by atoms with Gasteiger partial charge in [-0.05, 0) is 61.3 Å². The maximum Gasteiger partial charge on any atom is 0.125 e. The Bertz CT molecular complexity index is 465. The maximum absolute atomic E-state index is 13.4. The largest absolute Gasteiger partial charge is 0.371 e. The molecule has 0 aliphatic carbocycles. The average Bonchev–Trinajstić information content (AvgIpc) is 2.79. The van der Waals surface area contributed by atoms with E-state index in [0.29, 0.717) is 11.3 Å². The Kier molecular flexibility index (Phi) is 5.26. The predicted octanol–water partition coefficient (Wildman–Crippen LogP) is 3.98. The highest BCUT2D eigenvalue weighted by Gasteiger charge is 2.24. The Hall–Kier alpha value is -1.09. The first kappa shape index (κ1) is 16.3. The number of anilines is 1. The van der Waals surface area contributed by atoms with Gasteiger partial charge in [-0.2, -0.15) is 0 Å². The minimum absolute atomic E-state index is 0.128. The summed E-state index contributed by atoms with van der Waals surface area (Å²) in [7, 11) is 0. The number of fused-ring (bicyclic) bond motifs is 1. The van der Waals surface area contributed by atoms with Gasteiger partial charge in [-0.15, -0.1) is 0 Å². The number of nitrogens with zero attached hydrogens (tertiary/aromatic N) is 1. The van der Waals surface area contributed by atoms with Crippen molar-refractivity contribution in [2.75, 3.05) is 24.5 Å². The first-order valence-electron chi connectivity index (χ1n) is 8.15. The van der Waals surface area contributed by atoms with Gasteiger partial charge in [0.25, 0.3) is 0 Å². The van der Waals surface area contributed by atoms with E-state index in [1.54, 1.807) is 12.1 Å². The Morgan fingerprint density at radius 2 is 2.05 bits per heavy atom. The Morgan fingerprint density at radius 1 is 1.29 bits per heavy atom. The van der Waals surface area contributed by atoms with Crippen LogP contribution in [-0.4, -0.2) is 19.6 Å². The van der Waals surface area contributed by atoms with Crippen molar-refractivity contribution in [2.45, 2.75) is 46.5 Å². The first-order valence-corrected chi connectivity index (χ1v) is 8.15. The Labute approximate surface area is 128 Å². The third kappa shape index (κ3) is 4.19. The van der Waals surface area contributed by atoms with E-state index in [2.05, 4.69) is 25.7 Å². The van der Waals surface area contributed by atoms with Gasteiger partial charge in [0.15, 0.2) is 0 Å². The van der Waals surface area contributed by atoms with Crippen LogP contribution in [-0.2, 0) is 6.42 Å². The van der Waals surface area contributed by atoms with Crippen molar-refractivity contribution in [3.05, 3.63) is 29.6 Å². The number of nitrogens with two attached hydrogens (primary N) is 1. The molecule has 0 saturated heterocycles. The summed E-state index contributed by atoms with van der Waals surface area (Å²) < 4.78 is 13.4. The normalized spacial score (nSPS) is 16.1. The van der Waals surface area contributed by atoms with Gasteiger partial charge in [0.1, 0.15) is 5.82 Å². The zero-order valence-electron chi connectivity index (χ0n) is 13.7. The van der Waals surface area contributed by atoms with Crippen molar-refractivity contribution >= 4 is 5.69 Å². The van der Waals surface area contributed by atoms with Crippen LogP contribution in [0.25, 0.3) is 0 Å². The van der Waals surface area contributed by atoms with E-state index >= 15 is 0 Å². The van der Waals surface area contributed by atoms with E-state index in [4.69, 9.17) is 5.73 Å². The number of halogens is 1. The van der Waals surface area contributed by atoms with Crippen LogP contribution in [0.3, 0.4) is 0 Å². The molecule has 0 fully saturated rings. The Morgan fingerprint density at radius 3 is 2.71 bits per heavy atom. The fourth-order valence-corrected chi connectivity index (χ4v) is 3.39. The summed E-state index contributed by atoms with van der Waals surface area (Å²) in [5.74, 6) is 0.536. The number of rotatable bonds is 6. The van der Waals surface area contributed by atoms with Gasteiger partial charge in [-0.3, -0.25) is 0 Å². The molecule has 3 heteroatoms. The van der Waals surface area contributed by atoms with Crippen molar-refractivity contribution in [3.63, 3.8) is 0 Å². The molecule has 21 heavy (non-hydrogen) atoms. The summed E-state index contributed by atoms with van der Waals surface area (Å²) in [6.07, 6.45) is 4.48. The van der Waals surface area contributed by atoms with E-state index < -0.39 is 0 Å². The molecule has 2 rings (SSSR count). The highest BCUT2D eigenvalue weighted by atomic mass is 19.1. The predicted molar refractivity (Wildman–Crippen MR) is 88.2 cm³/mol. The molecule has 1 aromatic carbocycles. The van der Waals surface area contributed by atoms with Crippen LogP contribution in [0.5, 0.6) is 0 Å². The molecular weight excluding hydrogens is 263 g/mol. The molecule has 0 amide bonds. The SMILES string of the molecule is CC(C)(C)C(CCN)CCCN1CCc2ccc(F)cc21. The first-order chi connectivity index (χ1) is 9.91. The van der Waals surface area contributed by atoms with Crippen molar-refractivity contribution in [3.8, 4) is 0 Å². The molecule has 2 nitrogen and oxygen atoms in total. The number of hydrogen-bond acceptors (Lipinski definition) is 2. The maximum atomic E-state index is 13.4. The van der Waals surface area contributed by atoms with Crippen LogP contribution >= 0.6 is 0 Å². The number of benzene rings is 1. The lowest BCUT2D eigenvalue weighted by Crippen LogP contribution is -2.26. The molecule has 1 heterocycles. The van der Waals surface area contributed by atoms with E-state index in [9.17, 15) is 4.39 Å².